The SMILES string of the molecule is CCOC(=O)CNCCCOc1cc2ncnc(Nc3cccc(Br)c3)c2cc1OC. The van der Waals surface area contributed by atoms with Crippen molar-refractivity contribution in [3.05, 3.63) is 47.2 Å². The molecule has 0 amide bonds. The van der Waals surface area contributed by atoms with Gasteiger partial charge in [-0.05, 0) is 44.2 Å². The molecule has 31 heavy (non-hydrogen) atoms. The van der Waals surface area contributed by atoms with Gasteiger partial charge in [-0.15, -0.1) is 0 Å². The molecule has 0 atom stereocenters. The molecule has 9 heteroatoms. The normalized spacial score (nSPS) is 10.7. The summed E-state index contributed by atoms with van der Waals surface area (Å²) in [5.41, 5.74) is 1.65. The highest BCUT2D eigenvalue weighted by molar-refractivity contribution is 9.10. The van der Waals surface area contributed by atoms with Gasteiger partial charge < -0.3 is 24.8 Å². The minimum atomic E-state index is -0.258. The third-order valence-corrected chi connectivity index (χ3v) is 4.83. The molecule has 0 unspecified atom stereocenters. The van der Waals surface area contributed by atoms with E-state index < -0.39 is 0 Å². The number of ether oxygens (including phenoxy) is 3. The zero-order valence-electron chi connectivity index (χ0n) is 17.5. The zero-order chi connectivity index (χ0) is 22.1. The Bertz CT molecular complexity index is 1030. The van der Waals surface area contributed by atoms with Gasteiger partial charge in [-0.2, -0.15) is 0 Å². The largest absolute Gasteiger partial charge is 0.493 e. The Labute approximate surface area is 189 Å². The van der Waals surface area contributed by atoms with E-state index >= 15 is 0 Å². The van der Waals surface area contributed by atoms with Gasteiger partial charge in [-0.25, -0.2) is 9.97 Å². The number of carbonyl (C=O) groups excluding carboxylic acids is 1. The summed E-state index contributed by atoms with van der Waals surface area (Å²) in [5.74, 6) is 1.62. The van der Waals surface area contributed by atoms with Crippen molar-refractivity contribution in [2.24, 2.45) is 0 Å². The molecule has 0 radical (unpaired) electrons. The number of hydrogen-bond acceptors (Lipinski definition) is 8. The zero-order valence-corrected chi connectivity index (χ0v) is 19.1. The molecule has 1 heterocycles. The van der Waals surface area contributed by atoms with E-state index in [0.717, 1.165) is 27.5 Å². The smallest absolute Gasteiger partial charge is 0.319 e. The van der Waals surface area contributed by atoms with Gasteiger partial charge in [0.2, 0.25) is 0 Å². The Morgan fingerprint density at radius 1 is 1.16 bits per heavy atom. The van der Waals surface area contributed by atoms with Crippen molar-refractivity contribution in [1.29, 1.82) is 0 Å². The summed E-state index contributed by atoms with van der Waals surface area (Å²) < 4.78 is 17.3. The number of hydrogen-bond donors (Lipinski definition) is 2. The van der Waals surface area contributed by atoms with Gasteiger partial charge in [-0.1, -0.05) is 22.0 Å². The van der Waals surface area contributed by atoms with Crippen LogP contribution in [0.2, 0.25) is 0 Å². The van der Waals surface area contributed by atoms with Crippen LogP contribution < -0.4 is 20.1 Å². The maximum Gasteiger partial charge on any atom is 0.319 e. The van der Waals surface area contributed by atoms with Gasteiger partial charge in [0.25, 0.3) is 0 Å². The van der Waals surface area contributed by atoms with E-state index in [-0.39, 0.29) is 12.5 Å². The summed E-state index contributed by atoms with van der Waals surface area (Å²) in [6.07, 6.45) is 2.23. The van der Waals surface area contributed by atoms with Crippen LogP contribution in [0.4, 0.5) is 11.5 Å². The molecule has 8 nitrogen and oxygen atoms in total. The first kappa shape index (κ1) is 22.8. The van der Waals surface area contributed by atoms with Crippen LogP contribution in [0.5, 0.6) is 11.5 Å². The summed E-state index contributed by atoms with van der Waals surface area (Å²) >= 11 is 3.47. The van der Waals surface area contributed by atoms with Crippen molar-refractivity contribution in [3.8, 4) is 11.5 Å². The third kappa shape index (κ3) is 6.53. The minimum Gasteiger partial charge on any atom is -0.493 e. The molecule has 0 saturated carbocycles. The average Bonchev–Trinajstić information content (AvgIpc) is 2.76. The standard InChI is InChI=1S/C22H25BrN4O4/c1-3-30-21(28)13-24-8-5-9-31-20-12-18-17(11-19(20)29-2)22(26-14-25-18)27-16-7-4-6-15(23)10-16/h4,6-7,10-12,14,24H,3,5,8-9,13H2,1-2H3,(H,25,26,27). The van der Waals surface area contributed by atoms with Gasteiger partial charge in [0.15, 0.2) is 11.5 Å². The topological polar surface area (TPSA) is 94.6 Å². The van der Waals surface area contributed by atoms with E-state index in [1.54, 1.807) is 14.0 Å². The van der Waals surface area contributed by atoms with Gasteiger partial charge in [-0.3, -0.25) is 4.79 Å². The molecule has 0 aliphatic carbocycles. The van der Waals surface area contributed by atoms with E-state index in [2.05, 4.69) is 36.5 Å². The van der Waals surface area contributed by atoms with Crippen molar-refractivity contribution >= 4 is 44.3 Å². The Morgan fingerprint density at radius 3 is 2.81 bits per heavy atom. The number of rotatable bonds is 11. The quantitative estimate of drug-likeness (QED) is 0.308. The molecule has 3 aromatic rings. The predicted molar refractivity (Wildman–Crippen MR) is 123 cm³/mol. The second kappa shape index (κ2) is 11.5. The number of halogens is 1. The molecule has 0 bridgehead atoms. The highest BCUT2D eigenvalue weighted by atomic mass is 79.9. The van der Waals surface area contributed by atoms with Crippen LogP contribution in [-0.2, 0) is 9.53 Å². The lowest BCUT2D eigenvalue weighted by Crippen LogP contribution is -2.26. The fraction of sp³-hybridized carbons (Fsp3) is 0.318. The molecule has 0 aliphatic heterocycles. The molecule has 1 aromatic heterocycles. The van der Waals surface area contributed by atoms with Crippen LogP contribution in [0.1, 0.15) is 13.3 Å². The number of aromatic nitrogens is 2. The molecular weight excluding hydrogens is 464 g/mol. The van der Waals surface area contributed by atoms with Gasteiger partial charge in [0, 0.05) is 21.6 Å². The van der Waals surface area contributed by atoms with E-state index in [4.69, 9.17) is 14.2 Å². The number of nitrogens with zero attached hydrogens (tertiary/aromatic N) is 2. The minimum absolute atomic E-state index is 0.192. The Kier molecular flexibility index (Phi) is 8.43. The highest BCUT2D eigenvalue weighted by Gasteiger charge is 2.12. The molecule has 0 spiro atoms. The summed E-state index contributed by atoms with van der Waals surface area (Å²) in [4.78, 5) is 20.1. The Hall–Kier alpha value is -2.91. The number of benzene rings is 2. The summed E-state index contributed by atoms with van der Waals surface area (Å²) in [6, 6.07) is 11.5. The van der Waals surface area contributed by atoms with Crippen LogP contribution in [0.3, 0.4) is 0 Å². The van der Waals surface area contributed by atoms with Crippen LogP contribution in [-0.4, -0.2) is 49.4 Å². The van der Waals surface area contributed by atoms with Gasteiger partial charge >= 0.3 is 5.97 Å². The maximum atomic E-state index is 11.3. The highest BCUT2D eigenvalue weighted by Crippen LogP contribution is 2.35. The van der Waals surface area contributed by atoms with Crippen LogP contribution in [0, 0.1) is 0 Å². The van der Waals surface area contributed by atoms with Crippen molar-refractivity contribution in [3.63, 3.8) is 0 Å². The number of fused-ring (bicyclic) bond motifs is 1. The van der Waals surface area contributed by atoms with E-state index in [1.165, 1.54) is 6.33 Å². The molecule has 2 N–H and O–H groups in total. The Balaban J connectivity index is 1.66. The second-order valence-electron chi connectivity index (χ2n) is 6.56. The van der Waals surface area contributed by atoms with Crippen molar-refractivity contribution in [2.75, 3.05) is 38.7 Å². The molecule has 0 fully saturated rings. The number of anilines is 2. The average molecular weight is 489 g/mol. The third-order valence-electron chi connectivity index (χ3n) is 4.34. The predicted octanol–water partition coefficient (Wildman–Crippen LogP) is 4.07. The molecule has 2 aromatic carbocycles. The molecule has 3 rings (SSSR count). The summed E-state index contributed by atoms with van der Waals surface area (Å²) in [6.45, 7) is 3.46. The lowest BCUT2D eigenvalue weighted by molar-refractivity contribution is -0.142. The van der Waals surface area contributed by atoms with Gasteiger partial charge in [0.05, 0.1) is 32.4 Å². The molecular formula is C22H25BrN4O4. The summed E-state index contributed by atoms with van der Waals surface area (Å²) in [5, 5.41) is 7.17. The Morgan fingerprint density at radius 2 is 2.03 bits per heavy atom. The number of esters is 1. The van der Waals surface area contributed by atoms with Gasteiger partial charge in [0.1, 0.15) is 12.1 Å². The van der Waals surface area contributed by atoms with E-state index in [0.29, 0.717) is 37.1 Å². The lowest BCUT2D eigenvalue weighted by atomic mass is 10.2. The van der Waals surface area contributed by atoms with E-state index in [1.807, 2.05) is 36.4 Å². The first-order valence-electron chi connectivity index (χ1n) is 9.95. The van der Waals surface area contributed by atoms with Crippen LogP contribution in [0.25, 0.3) is 10.9 Å². The molecule has 0 saturated heterocycles. The number of carbonyl (C=O) groups is 1. The summed E-state index contributed by atoms with van der Waals surface area (Å²) in [7, 11) is 1.60. The fourth-order valence-corrected chi connectivity index (χ4v) is 3.32. The first-order chi connectivity index (χ1) is 15.1. The van der Waals surface area contributed by atoms with Crippen molar-refractivity contribution in [2.45, 2.75) is 13.3 Å². The fourth-order valence-electron chi connectivity index (χ4n) is 2.92. The number of methoxy groups -OCH3 is 1. The lowest BCUT2D eigenvalue weighted by Gasteiger charge is -2.14. The monoisotopic (exact) mass is 488 g/mol. The maximum absolute atomic E-state index is 11.3. The first-order valence-corrected chi connectivity index (χ1v) is 10.7. The van der Waals surface area contributed by atoms with Crippen molar-refractivity contribution in [1.82, 2.24) is 15.3 Å². The van der Waals surface area contributed by atoms with Crippen LogP contribution in [0.15, 0.2) is 47.2 Å². The molecule has 0 aliphatic rings. The van der Waals surface area contributed by atoms with Crippen molar-refractivity contribution < 1.29 is 19.0 Å². The number of nitrogens with one attached hydrogen (secondary N) is 2. The molecule has 164 valence electrons. The second-order valence-corrected chi connectivity index (χ2v) is 7.48. The van der Waals surface area contributed by atoms with E-state index in [9.17, 15) is 4.79 Å². The van der Waals surface area contributed by atoms with Crippen LogP contribution >= 0.6 is 15.9 Å².